The van der Waals surface area contributed by atoms with Gasteiger partial charge in [-0.1, -0.05) is 0 Å². The summed E-state index contributed by atoms with van der Waals surface area (Å²) in [5.41, 5.74) is 7.00. The first-order valence-electron chi connectivity index (χ1n) is 6.08. The number of ether oxygens (including phenoxy) is 2. The van der Waals surface area contributed by atoms with Crippen molar-refractivity contribution < 1.29 is 9.47 Å². The largest absolute Gasteiger partial charge is 0.497 e. The third-order valence-electron chi connectivity index (χ3n) is 2.88. The molecule has 3 aromatic rings. The molecule has 0 unspecified atom stereocenters. The second-order valence-electron chi connectivity index (χ2n) is 4.22. The number of nitrogen functional groups attached to an aromatic ring is 1. The number of nitrogens with zero attached hydrogens (tertiary/aromatic N) is 2. The van der Waals surface area contributed by atoms with Crippen LogP contribution in [-0.2, 0) is 0 Å². The summed E-state index contributed by atoms with van der Waals surface area (Å²) in [6.45, 7) is 0. The maximum Gasteiger partial charge on any atom is 0.219 e. The van der Waals surface area contributed by atoms with Crippen LogP contribution >= 0.6 is 0 Å². The van der Waals surface area contributed by atoms with Gasteiger partial charge >= 0.3 is 0 Å². The number of anilines is 1. The van der Waals surface area contributed by atoms with Gasteiger partial charge in [0.1, 0.15) is 11.5 Å². The van der Waals surface area contributed by atoms with E-state index in [1.807, 2.05) is 18.2 Å². The van der Waals surface area contributed by atoms with E-state index in [0.717, 1.165) is 16.7 Å². The maximum absolute atomic E-state index is 5.77. The van der Waals surface area contributed by atoms with Gasteiger partial charge in [-0.05, 0) is 24.3 Å². The molecule has 0 atom stereocenters. The van der Waals surface area contributed by atoms with Crippen molar-refractivity contribution in [2.24, 2.45) is 0 Å². The Morgan fingerprint density at radius 1 is 1.05 bits per heavy atom. The predicted molar refractivity (Wildman–Crippen MR) is 77.0 cm³/mol. The van der Waals surface area contributed by atoms with E-state index in [9.17, 15) is 0 Å². The van der Waals surface area contributed by atoms with Crippen molar-refractivity contribution >= 4 is 16.6 Å². The predicted octanol–water partition coefficient (Wildman–Crippen LogP) is 3.01. The zero-order valence-corrected chi connectivity index (χ0v) is 10.9. The smallest absolute Gasteiger partial charge is 0.219 e. The summed E-state index contributed by atoms with van der Waals surface area (Å²) in [6.07, 6.45) is 3.25. The van der Waals surface area contributed by atoms with E-state index < -0.39 is 0 Å². The molecule has 100 valence electrons. The van der Waals surface area contributed by atoms with Crippen molar-refractivity contribution in [2.75, 3.05) is 12.8 Å². The minimum absolute atomic E-state index is 0.488. The van der Waals surface area contributed by atoms with Crippen LogP contribution in [0.1, 0.15) is 0 Å². The Kier molecular flexibility index (Phi) is 3.09. The lowest BCUT2D eigenvalue weighted by atomic mass is 10.2. The highest BCUT2D eigenvalue weighted by molar-refractivity contribution is 5.86. The van der Waals surface area contributed by atoms with Gasteiger partial charge in [-0.25, -0.2) is 4.98 Å². The molecule has 0 aliphatic carbocycles. The molecule has 1 aromatic carbocycles. The Morgan fingerprint density at radius 3 is 2.70 bits per heavy atom. The number of fused-ring (bicyclic) bond motifs is 1. The number of aromatic nitrogens is 2. The van der Waals surface area contributed by atoms with Crippen LogP contribution in [0, 0.1) is 0 Å². The standard InChI is InChI=1S/C15H13N3O2/c1-19-11-3-4-12-13(8-11)17-7-6-14(12)20-15-5-2-10(16)9-18-15/h2-9H,16H2,1H3. The van der Waals surface area contributed by atoms with Gasteiger partial charge in [-0.15, -0.1) is 0 Å². The minimum atomic E-state index is 0.488. The van der Waals surface area contributed by atoms with Crippen molar-refractivity contribution in [3.05, 3.63) is 48.8 Å². The number of methoxy groups -OCH3 is 1. The van der Waals surface area contributed by atoms with E-state index in [-0.39, 0.29) is 0 Å². The molecular formula is C15H13N3O2. The van der Waals surface area contributed by atoms with E-state index in [1.54, 1.807) is 37.7 Å². The third kappa shape index (κ3) is 2.33. The number of nitrogens with two attached hydrogens (primary N) is 1. The molecule has 0 fully saturated rings. The second kappa shape index (κ2) is 5.05. The van der Waals surface area contributed by atoms with Crippen molar-refractivity contribution in [3.63, 3.8) is 0 Å². The lowest BCUT2D eigenvalue weighted by Crippen LogP contribution is -1.92. The summed E-state index contributed by atoms with van der Waals surface area (Å²) in [4.78, 5) is 8.43. The van der Waals surface area contributed by atoms with Gasteiger partial charge < -0.3 is 15.2 Å². The van der Waals surface area contributed by atoms with Crippen molar-refractivity contribution in [1.82, 2.24) is 9.97 Å². The summed E-state index contributed by atoms with van der Waals surface area (Å²) < 4.78 is 11.0. The molecule has 0 saturated heterocycles. The van der Waals surface area contributed by atoms with Crippen molar-refractivity contribution in [1.29, 1.82) is 0 Å². The molecule has 2 N–H and O–H groups in total. The summed E-state index contributed by atoms with van der Waals surface area (Å²) in [6, 6.07) is 10.9. The van der Waals surface area contributed by atoms with E-state index in [2.05, 4.69) is 9.97 Å². The average molecular weight is 267 g/mol. The molecule has 2 aromatic heterocycles. The molecule has 3 rings (SSSR count). The zero-order valence-electron chi connectivity index (χ0n) is 10.9. The summed E-state index contributed by atoms with van der Waals surface area (Å²) in [7, 11) is 1.62. The normalized spacial score (nSPS) is 10.4. The van der Waals surface area contributed by atoms with E-state index in [4.69, 9.17) is 15.2 Å². The molecule has 0 aliphatic rings. The van der Waals surface area contributed by atoms with Gasteiger partial charge in [-0.2, -0.15) is 0 Å². The fourth-order valence-corrected chi connectivity index (χ4v) is 1.88. The Hall–Kier alpha value is -2.82. The molecule has 0 bridgehead atoms. The molecule has 0 amide bonds. The summed E-state index contributed by atoms with van der Waals surface area (Å²) in [5.74, 6) is 1.94. The fraction of sp³-hybridized carbons (Fsp3) is 0.0667. The lowest BCUT2D eigenvalue weighted by Gasteiger charge is -2.08. The van der Waals surface area contributed by atoms with Crippen molar-refractivity contribution in [2.45, 2.75) is 0 Å². The Balaban J connectivity index is 2.01. The summed E-state index contributed by atoms with van der Waals surface area (Å²) >= 11 is 0. The molecule has 5 nitrogen and oxygen atoms in total. The molecule has 20 heavy (non-hydrogen) atoms. The molecule has 0 spiro atoms. The Morgan fingerprint density at radius 2 is 1.95 bits per heavy atom. The van der Waals surface area contributed by atoms with Crippen LogP contribution in [0.5, 0.6) is 17.4 Å². The highest BCUT2D eigenvalue weighted by atomic mass is 16.5. The van der Waals surface area contributed by atoms with Gasteiger partial charge in [-0.3, -0.25) is 4.98 Å². The molecule has 0 aliphatic heterocycles. The Bertz CT molecular complexity index is 742. The first-order valence-corrected chi connectivity index (χ1v) is 6.08. The number of hydrogen-bond acceptors (Lipinski definition) is 5. The number of pyridine rings is 2. The first-order chi connectivity index (χ1) is 9.76. The van der Waals surface area contributed by atoms with Gasteiger partial charge in [0.05, 0.1) is 24.5 Å². The molecule has 5 heteroatoms. The third-order valence-corrected chi connectivity index (χ3v) is 2.88. The van der Waals surface area contributed by atoms with Gasteiger partial charge in [0.15, 0.2) is 0 Å². The minimum Gasteiger partial charge on any atom is -0.497 e. The van der Waals surface area contributed by atoms with Crippen LogP contribution in [0.2, 0.25) is 0 Å². The monoisotopic (exact) mass is 267 g/mol. The van der Waals surface area contributed by atoms with E-state index in [1.165, 1.54) is 0 Å². The highest BCUT2D eigenvalue weighted by Crippen LogP contribution is 2.30. The Labute approximate surface area is 116 Å². The quantitative estimate of drug-likeness (QED) is 0.789. The fourth-order valence-electron chi connectivity index (χ4n) is 1.88. The van der Waals surface area contributed by atoms with E-state index in [0.29, 0.717) is 17.3 Å². The number of benzene rings is 1. The van der Waals surface area contributed by atoms with Gasteiger partial charge in [0.2, 0.25) is 5.88 Å². The summed E-state index contributed by atoms with van der Waals surface area (Å²) in [5, 5.41) is 0.895. The average Bonchev–Trinajstić information content (AvgIpc) is 2.49. The topological polar surface area (TPSA) is 70.3 Å². The van der Waals surface area contributed by atoms with Crippen LogP contribution in [0.25, 0.3) is 10.9 Å². The zero-order chi connectivity index (χ0) is 13.9. The van der Waals surface area contributed by atoms with Crippen LogP contribution in [0.15, 0.2) is 48.8 Å². The molecule has 0 saturated carbocycles. The van der Waals surface area contributed by atoms with Crippen LogP contribution in [0.4, 0.5) is 5.69 Å². The first kappa shape index (κ1) is 12.2. The van der Waals surface area contributed by atoms with Gasteiger partial charge in [0, 0.05) is 23.7 Å². The van der Waals surface area contributed by atoms with Crippen LogP contribution in [-0.4, -0.2) is 17.1 Å². The number of rotatable bonds is 3. The highest BCUT2D eigenvalue weighted by Gasteiger charge is 2.06. The second-order valence-corrected chi connectivity index (χ2v) is 4.22. The lowest BCUT2D eigenvalue weighted by molar-refractivity contribution is 0.415. The number of hydrogen-bond donors (Lipinski definition) is 1. The van der Waals surface area contributed by atoms with Gasteiger partial charge in [0.25, 0.3) is 0 Å². The molecule has 0 radical (unpaired) electrons. The molecular weight excluding hydrogens is 254 g/mol. The van der Waals surface area contributed by atoms with Crippen LogP contribution < -0.4 is 15.2 Å². The van der Waals surface area contributed by atoms with E-state index >= 15 is 0 Å². The molecule has 2 heterocycles. The van der Waals surface area contributed by atoms with Crippen LogP contribution in [0.3, 0.4) is 0 Å². The maximum atomic E-state index is 5.77. The van der Waals surface area contributed by atoms with Crippen molar-refractivity contribution in [3.8, 4) is 17.4 Å². The SMILES string of the molecule is COc1ccc2c(Oc3ccc(N)cn3)ccnc2c1.